The first kappa shape index (κ1) is 20.4. The van der Waals surface area contributed by atoms with Crippen LogP contribution in [0.15, 0.2) is 35.1 Å². The van der Waals surface area contributed by atoms with Gasteiger partial charge in [0.25, 0.3) is 17.4 Å². The van der Waals surface area contributed by atoms with Crippen LogP contribution in [0.3, 0.4) is 0 Å². The molecule has 1 aliphatic heterocycles. The Morgan fingerprint density at radius 3 is 2.29 bits per heavy atom. The lowest BCUT2D eigenvalue weighted by molar-refractivity contribution is 0.0531. The fraction of sp³-hybridized carbons (Fsp3) is 0.368. The number of nitrogens with zero attached hydrogens (tertiary/aromatic N) is 4. The summed E-state index contributed by atoms with van der Waals surface area (Å²) in [6.07, 6.45) is 0.747. The number of amides is 2. The van der Waals surface area contributed by atoms with Gasteiger partial charge in [-0.25, -0.2) is 4.68 Å². The van der Waals surface area contributed by atoms with Crippen LogP contribution in [0.1, 0.15) is 34.2 Å². The first-order valence-electron chi connectivity index (χ1n) is 9.03. The van der Waals surface area contributed by atoms with Crippen LogP contribution in [0, 0.1) is 0 Å². The summed E-state index contributed by atoms with van der Waals surface area (Å²) in [5, 5.41) is 4.72. The highest BCUT2D eigenvalue weighted by molar-refractivity contribution is 6.43. The molecule has 0 saturated carbocycles. The lowest BCUT2D eigenvalue weighted by atomic mass is 10.1. The van der Waals surface area contributed by atoms with Crippen LogP contribution in [0.2, 0.25) is 10.0 Å². The van der Waals surface area contributed by atoms with Gasteiger partial charge < -0.3 is 9.80 Å². The van der Waals surface area contributed by atoms with Gasteiger partial charge in [0.15, 0.2) is 0 Å². The molecule has 0 atom stereocenters. The Bertz CT molecular complexity index is 952. The van der Waals surface area contributed by atoms with Crippen molar-refractivity contribution < 1.29 is 9.59 Å². The van der Waals surface area contributed by atoms with Crippen LogP contribution in [0.5, 0.6) is 0 Å². The van der Waals surface area contributed by atoms with E-state index in [4.69, 9.17) is 23.2 Å². The molecule has 0 spiro atoms. The minimum atomic E-state index is -0.252. The van der Waals surface area contributed by atoms with Gasteiger partial charge in [-0.05, 0) is 24.6 Å². The van der Waals surface area contributed by atoms with E-state index in [1.165, 1.54) is 16.8 Å². The van der Waals surface area contributed by atoms with Gasteiger partial charge in [-0.15, -0.1) is 0 Å². The number of aryl methyl sites for hydroxylation is 1. The molecule has 1 aliphatic rings. The quantitative estimate of drug-likeness (QED) is 0.758. The van der Waals surface area contributed by atoms with Crippen LogP contribution in [0.25, 0.3) is 0 Å². The van der Waals surface area contributed by atoms with Gasteiger partial charge in [-0.1, -0.05) is 36.2 Å². The topological polar surface area (TPSA) is 75.5 Å². The van der Waals surface area contributed by atoms with Gasteiger partial charge in [-0.3, -0.25) is 14.4 Å². The average Bonchev–Trinajstić information content (AvgIpc) is 2.71. The number of benzene rings is 1. The van der Waals surface area contributed by atoms with Crippen LogP contribution in [-0.4, -0.2) is 57.6 Å². The number of aromatic nitrogens is 2. The Balaban J connectivity index is 1.67. The van der Waals surface area contributed by atoms with Gasteiger partial charge in [0, 0.05) is 38.8 Å². The first-order valence-corrected chi connectivity index (χ1v) is 9.78. The number of halogens is 2. The molecule has 2 heterocycles. The van der Waals surface area contributed by atoms with Crippen molar-refractivity contribution in [3.8, 4) is 0 Å². The second kappa shape index (κ2) is 8.75. The van der Waals surface area contributed by atoms with Gasteiger partial charge in [-0.2, -0.15) is 5.10 Å². The minimum absolute atomic E-state index is 0.214. The Kier molecular flexibility index (Phi) is 6.36. The minimum Gasteiger partial charge on any atom is -0.335 e. The standard InChI is InChI=1S/C19H20Cl2N4O3/c1-2-8-25-16(26)7-6-15(22-25)19(28)24-11-9-23(10-12-24)18(27)13-4-3-5-14(20)17(13)21/h3-7H,2,8-12H2,1H3. The third-order valence-corrected chi connectivity index (χ3v) is 5.38. The van der Waals surface area contributed by atoms with E-state index in [9.17, 15) is 14.4 Å². The number of rotatable bonds is 4. The fourth-order valence-corrected chi connectivity index (χ4v) is 3.43. The van der Waals surface area contributed by atoms with E-state index >= 15 is 0 Å². The van der Waals surface area contributed by atoms with Gasteiger partial charge in [0.1, 0.15) is 5.69 Å². The zero-order valence-electron chi connectivity index (χ0n) is 15.4. The van der Waals surface area contributed by atoms with Crippen LogP contribution >= 0.6 is 23.2 Å². The number of hydrogen-bond donors (Lipinski definition) is 0. The Hall–Kier alpha value is -2.38. The number of carbonyl (C=O) groups excluding carboxylic acids is 2. The molecule has 0 aliphatic carbocycles. The van der Waals surface area contributed by atoms with Crippen molar-refractivity contribution in [1.82, 2.24) is 19.6 Å². The second-order valence-electron chi connectivity index (χ2n) is 6.47. The lowest BCUT2D eigenvalue weighted by Gasteiger charge is -2.34. The SMILES string of the molecule is CCCn1nc(C(=O)N2CCN(C(=O)c3cccc(Cl)c3Cl)CC2)ccc1=O. The summed E-state index contributed by atoms with van der Waals surface area (Å²) >= 11 is 12.1. The third kappa shape index (κ3) is 4.20. The van der Waals surface area contributed by atoms with E-state index in [0.29, 0.717) is 43.3 Å². The van der Waals surface area contributed by atoms with Crippen molar-refractivity contribution in [2.75, 3.05) is 26.2 Å². The number of piperazine rings is 1. The molecule has 1 saturated heterocycles. The van der Waals surface area contributed by atoms with Crippen LogP contribution in [-0.2, 0) is 6.54 Å². The van der Waals surface area contributed by atoms with E-state index in [-0.39, 0.29) is 28.1 Å². The molecule has 2 amide bonds. The normalized spacial score (nSPS) is 14.2. The van der Waals surface area contributed by atoms with E-state index in [1.807, 2.05) is 6.92 Å². The molecule has 3 rings (SSSR count). The fourth-order valence-electron chi connectivity index (χ4n) is 3.05. The van der Waals surface area contributed by atoms with Crippen LogP contribution in [0.4, 0.5) is 0 Å². The number of hydrogen-bond acceptors (Lipinski definition) is 4. The van der Waals surface area contributed by atoms with Crippen molar-refractivity contribution in [2.45, 2.75) is 19.9 Å². The Labute approximate surface area is 172 Å². The molecule has 9 heteroatoms. The van der Waals surface area contributed by atoms with Crippen LogP contribution < -0.4 is 5.56 Å². The van der Waals surface area contributed by atoms with Gasteiger partial charge in [0.2, 0.25) is 0 Å². The zero-order chi connectivity index (χ0) is 20.3. The molecule has 7 nitrogen and oxygen atoms in total. The van der Waals surface area contributed by atoms with Crippen molar-refractivity contribution in [1.29, 1.82) is 0 Å². The molecule has 1 aromatic carbocycles. The highest BCUT2D eigenvalue weighted by Crippen LogP contribution is 2.26. The molecule has 0 radical (unpaired) electrons. The molecule has 148 valence electrons. The Morgan fingerprint density at radius 1 is 1.00 bits per heavy atom. The molecule has 28 heavy (non-hydrogen) atoms. The lowest BCUT2D eigenvalue weighted by Crippen LogP contribution is -2.51. The third-order valence-electron chi connectivity index (χ3n) is 4.56. The van der Waals surface area contributed by atoms with Crippen molar-refractivity contribution >= 4 is 35.0 Å². The zero-order valence-corrected chi connectivity index (χ0v) is 16.9. The molecule has 2 aromatic rings. The first-order chi connectivity index (χ1) is 13.4. The Morgan fingerprint density at radius 2 is 1.64 bits per heavy atom. The molecule has 1 fully saturated rings. The van der Waals surface area contributed by atoms with E-state index in [1.54, 1.807) is 28.0 Å². The highest BCUT2D eigenvalue weighted by Gasteiger charge is 2.27. The molecule has 0 bridgehead atoms. The molecule has 1 aromatic heterocycles. The highest BCUT2D eigenvalue weighted by atomic mass is 35.5. The van der Waals surface area contributed by atoms with E-state index in [0.717, 1.165) is 6.42 Å². The second-order valence-corrected chi connectivity index (χ2v) is 7.25. The summed E-state index contributed by atoms with van der Waals surface area (Å²) in [7, 11) is 0. The van der Waals surface area contributed by atoms with E-state index in [2.05, 4.69) is 5.10 Å². The maximum atomic E-state index is 12.7. The predicted molar refractivity (Wildman–Crippen MR) is 107 cm³/mol. The van der Waals surface area contributed by atoms with Crippen molar-refractivity contribution in [3.63, 3.8) is 0 Å². The maximum absolute atomic E-state index is 12.7. The summed E-state index contributed by atoms with van der Waals surface area (Å²) in [6.45, 7) is 3.90. The number of carbonyl (C=O) groups is 2. The van der Waals surface area contributed by atoms with Crippen molar-refractivity contribution in [3.05, 3.63) is 62.0 Å². The van der Waals surface area contributed by atoms with Gasteiger partial charge in [0.05, 0.1) is 15.6 Å². The predicted octanol–water partition coefficient (Wildman–Crippen LogP) is 2.56. The molecule has 0 unspecified atom stereocenters. The largest absolute Gasteiger partial charge is 0.335 e. The molecular formula is C19H20Cl2N4O3. The molecular weight excluding hydrogens is 403 g/mol. The summed E-state index contributed by atoms with van der Waals surface area (Å²) in [6, 6.07) is 7.74. The summed E-state index contributed by atoms with van der Waals surface area (Å²) in [5.41, 5.74) is 0.347. The average molecular weight is 423 g/mol. The summed E-state index contributed by atoms with van der Waals surface area (Å²) in [4.78, 5) is 40.5. The monoisotopic (exact) mass is 422 g/mol. The maximum Gasteiger partial charge on any atom is 0.274 e. The summed E-state index contributed by atoms with van der Waals surface area (Å²) < 4.78 is 1.30. The van der Waals surface area contributed by atoms with E-state index < -0.39 is 0 Å². The molecule has 0 N–H and O–H groups in total. The smallest absolute Gasteiger partial charge is 0.274 e. The van der Waals surface area contributed by atoms with Crippen molar-refractivity contribution in [2.24, 2.45) is 0 Å². The summed E-state index contributed by atoms with van der Waals surface area (Å²) in [5.74, 6) is -0.466. The van der Waals surface area contributed by atoms with Gasteiger partial charge >= 0.3 is 0 Å².